The highest BCUT2D eigenvalue weighted by molar-refractivity contribution is 7.99. The molecule has 3 aromatic heterocycles. The number of rotatable bonds is 7. The molecule has 1 aliphatic heterocycles. The number of carbonyl (C=O) groups excluding carboxylic acids is 1. The van der Waals surface area contributed by atoms with E-state index in [-0.39, 0.29) is 41.5 Å². The number of nitrogens with one attached hydrogen (secondary N) is 1. The standard InChI is InChI=1S/C27H23F3N4O3S/c1-2-36-27-19(5-4-17(12-28)33-27)21-6-3-15-13-31-18(11-22(15)34-21)14-32-26(35)16-9-20(29)25-23(10-16)38-24(30)7-8-37-25/h3-6,9-11,13,24H,2,7-8,12,14H2,1H3,(H,32,35). The van der Waals surface area contributed by atoms with E-state index >= 15 is 0 Å². The molecule has 196 valence electrons. The number of fused-ring (bicyclic) bond motifs is 2. The van der Waals surface area contributed by atoms with Crippen LogP contribution in [0.1, 0.15) is 35.1 Å². The van der Waals surface area contributed by atoms with E-state index in [9.17, 15) is 18.0 Å². The van der Waals surface area contributed by atoms with Gasteiger partial charge in [0.15, 0.2) is 17.1 Å². The first-order valence-corrected chi connectivity index (χ1v) is 12.8. The minimum absolute atomic E-state index is 0.0354. The van der Waals surface area contributed by atoms with Crippen molar-refractivity contribution in [2.45, 2.75) is 37.0 Å². The molecule has 38 heavy (non-hydrogen) atoms. The summed E-state index contributed by atoms with van der Waals surface area (Å²) in [6.07, 6.45) is 1.77. The minimum atomic E-state index is -1.24. The lowest BCUT2D eigenvalue weighted by Crippen LogP contribution is -2.23. The van der Waals surface area contributed by atoms with Gasteiger partial charge in [-0.3, -0.25) is 9.78 Å². The van der Waals surface area contributed by atoms with Gasteiger partial charge in [-0.15, -0.1) is 0 Å². The van der Waals surface area contributed by atoms with Gasteiger partial charge in [0.25, 0.3) is 5.91 Å². The van der Waals surface area contributed by atoms with Crippen molar-refractivity contribution >= 4 is 28.6 Å². The second-order valence-electron chi connectivity index (χ2n) is 8.42. The van der Waals surface area contributed by atoms with Crippen molar-refractivity contribution in [1.82, 2.24) is 20.3 Å². The predicted molar refractivity (Wildman–Crippen MR) is 137 cm³/mol. The van der Waals surface area contributed by atoms with Crippen LogP contribution in [0.25, 0.3) is 22.2 Å². The summed E-state index contributed by atoms with van der Waals surface area (Å²) < 4.78 is 52.5. The number of benzene rings is 1. The third kappa shape index (κ3) is 5.52. The zero-order chi connectivity index (χ0) is 26.6. The molecule has 7 nitrogen and oxygen atoms in total. The molecule has 0 saturated carbocycles. The number of alkyl halides is 2. The van der Waals surface area contributed by atoms with E-state index in [1.54, 1.807) is 30.5 Å². The fourth-order valence-electron chi connectivity index (χ4n) is 3.95. The van der Waals surface area contributed by atoms with E-state index in [0.29, 0.717) is 35.0 Å². The molecule has 0 saturated heterocycles. The number of pyridine rings is 3. The molecular weight excluding hydrogens is 517 g/mol. The third-order valence-electron chi connectivity index (χ3n) is 5.79. The number of nitrogens with zero attached hydrogens (tertiary/aromatic N) is 3. The number of hydrogen-bond donors (Lipinski definition) is 1. The van der Waals surface area contributed by atoms with E-state index in [2.05, 4.69) is 15.3 Å². The van der Waals surface area contributed by atoms with Crippen molar-refractivity contribution < 1.29 is 27.4 Å². The molecule has 0 fully saturated rings. The van der Waals surface area contributed by atoms with Gasteiger partial charge in [0, 0.05) is 23.6 Å². The fraction of sp³-hybridized carbons (Fsp3) is 0.259. The predicted octanol–water partition coefficient (Wildman–Crippen LogP) is 5.80. The van der Waals surface area contributed by atoms with Gasteiger partial charge in [-0.25, -0.2) is 23.1 Å². The topological polar surface area (TPSA) is 86.2 Å². The lowest BCUT2D eigenvalue weighted by atomic mass is 10.1. The molecule has 0 radical (unpaired) electrons. The maximum atomic E-state index is 14.5. The number of halogens is 3. The first kappa shape index (κ1) is 25.8. The van der Waals surface area contributed by atoms with Crippen LogP contribution in [0.3, 0.4) is 0 Å². The van der Waals surface area contributed by atoms with Crippen LogP contribution >= 0.6 is 11.8 Å². The molecule has 0 bridgehead atoms. The molecule has 1 atom stereocenters. The molecule has 1 aliphatic rings. The van der Waals surface area contributed by atoms with Crippen LogP contribution in [0.5, 0.6) is 11.6 Å². The molecule has 1 aromatic carbocycles. The molecular formula is C27H23F3N4O3S. The highest BCUT2D eigenvalue weighted by atomic mass is 32.2. The summed E-state index contributed by atoms with van der Waals surface area (Å²) in [5.41, 5.74) is 1.45. The van der Waals surface area contributed by atoms with Crippen LogP contribution in [-0.4, -0.2) is 39.6 Å². The van der Waals surface area contributed by atoms with Crippen LogP contribution in [0.15, 0.2) is 53.6 Å². The van der Waals surface area contributed by atoms with Gasteiger partial charge in [-0.05, 0) is 49.4 Å². The lowest BCUT2D eigenvalue weighted by Gasteiger charge is -2.12. The Hall–Kier alpha value is -3.86. The van der Waals surface area contributed by atoms with E-state index in [1.807, 2.05) is 13.0 Å². The van der Waals surface area contributed by atoms with E-state index in [0.717, 1.165) is 23.2 Å². The van der Waals surface area contributed by atoms with Crippen LogP contribution < -0.4 is 14.8 Å². The molecule has 0 spiro atoms. The van der Waals surface area contributed by atoms with Crippen LogP contribution in [0.2, 0.25) is 0 Å². The summed E-state index contributed by atoms with van der Waals surface area (Å²) >= 11 is 0.835. The van der Waals surface area contributed by atoms with Gasteiger partial charge < -0.3 is 14.8 Å². The summed E-state index contributed by atoms with van der Waals surface area (Å²) in [6, 6.07) is 11.2. The number of hydrogen-bond acceptors (Lipinski definition) is 7. The van der Waals surface area contributed by atoms with Gasteiger partial charge in [0.1, 0.15) is 6.67 Å². The largest absolute Gasteiger partial charge is 0.489 e. The van der Waals surface area contributed by atoms with E-state index in [4.69, 9.17) is 14.5 Å². The summed E-state index contributed by atoms with van der Waals surface area (Å²) in [7, 11) is 0. The molecule has 4 aromatic rings. The Labute approximate surface area is 220 Å². The van der Waals surface area contributed by atoms with Crippen LogP contribution in [0, 0.1) is 5.82 Å². The average Bonchev–Trinajstić information content (AvgIpc) is 3.12. The van der Waals surface area contributed by atoms with Gasteiger partial charge in [0.2, 0.25) is 5.88 Å². The Morgan fingerprint density at radius 1 is 1.18 bits per heavy atom. The van der Waals surface area contributed by atoms with Crippen molar-refractivity contribution in [3.05, 3.63) is 71.4 Å². The lowest BCUT2D eigenvalue weighted by molar-refractivity contribution is 0.0949. The van der Waals surface area contributed by atoms with Gasteiger partial charge in [-0.2, -0.15) is 0 Å². The molecule has 11 heteroatoms. The Bertz CT molecular complexity index is 1500. The smallest absolute Gasteiger partial charge is 0.251 e. The highest BCUT2D eigenvalue weighted by Gasteiger charge is 2.23. The van der Waals surface area contributed by atoms with Crippen LogP contribution in [-0.2, 0) is 13.2 Å². The maximum absolute atomic E-state index is 14.5. The molecule has 5 rings (SSSR count). The molecule has 1 N–H and O–H groups in total. The molecule has 4 heterocycles. The molecule has 1 amide bonds. The second-order valence-corrected chi connectivity index (χ2v) is 9.61. The first-order valence-electron chi connectivity index (χ1n) is 11.9. The molecule has 0 aliphatic carbocycles. The first-order chi connectivity index (χ1) is 18.4. The number of carbonyl (C=O) groups is 1. The normalized spacial score (nSPS) is 14.9. The van der Waals surface area contributed by atoms with Gasteiger partial charge in [0.05, 0.1) is 52.8 Å². The Morgan fingerprint density at radius 2 is 2.05 bits per heavy atom. The highest BCUT2D eigenvalue weighted by Crippen LogP contribution is 2.39. The average molecular weight is 541 g/mol. The number of aromatic nitrogens is 3. The van der Waals surface area contributed by atoms with E-state index in [1.165, 1.54) is 6.07 Å². The zero-order valence-electron chi connectivity index (χ0n) is 20.3. The number of ether oxygens (including phenoxy) is 2. The van der Waals surface area contributed by atoms with Crippen molar-refractivity contribution in [2.75, 3.05) is 13.2 Å². The van der Waals surface area contributed by atoms with Gasteiger partial charge >= 0.3 is 0 Å². The maximum Gasteiger partial charge on any atom is 0.251 e. The van der Waals surface area contributed by atoms with Crippen molar-refractivity contribution in [2.24, 2.45) is 0 Å². The zero-order valence-corrected chi connectivity index (χ0v) is 21.2. The van der Waals surface area contributed by atoms with Crippen molar-refractivity contribution in [3.63, 3.8) is 0 Å². The van der Waals surface area contributed by atoms with Gasteiger partial charge in [-0.1, -0.05) is 11.8 Å². The summed E-state index contributed by atoms with van der Waals surface area (Å²) in [5.74, 6) is -0.982. The van der Waals surface area contributed by atoms with E-state index < -0.39 is 23.9 Å². The minimum Gasteiger partial charge on any atom is -0.489 e. The number of thioether (sulfide) groups is 1. The third-order valence-corrected chi connectivity index (χ3v) is 6.84. The van der Waals surface area contributed by atoms with Crippen molar-refractivity contribution in [3.8, 4) is 22.9 Å². The summed E-state index contributed by atoms with van der Waals surface area (Å²) in [5, 5.41) is 3.50. The fourth-order valence-corrected chi connectivity index (χ4v) is 4.90. The summed E-state index contributed by atoms with van der Waals surface area (Å²) in [6.45, 7) is 1.61. The van der Waals surface area contributed by atoms with Crippen molar-refractivity contribution in [1.29, 1.82) is 0 Å². The Kier molecular flexibility index (Phi) is 7.64. The Morgan fingerprint density at radius 3 is 2.87 bits per heavy atom. The molecule has 1 unspecified atom stereocenters. The number of amides is 1. The quantitative estimate of drug-likeness (QED) is 0.317. The second kappa shape index (κ2) is 11.3. The summed E-state index contributed by atoms with van der Waals surface area (Å²) in [4.78, 5) is 26.3. The monoisotopic (exact) mass is 540 g/mol. The van der Waals surface area contributed by atoms with Crippen LogP contribution in [0.4, 0.5) is 13.2 Å². The SMILES string of the molecule is CCOc1nc(CF)ccc1-c1ccc2cnc(CNC(=O)c3cc(F)c4c(c3)SC(F)CCO4)cc2n1. The Balaban J connectivity index is 1.36.